The molecule has 14 heteroatoms. The maximum Gasteiger partial charge on any atom is 0.303 e. The third-order valence-corrected chi connectivity index (χ3v) is 6.20. The van der Waals surface area contributed by atoms with Gasteiger partial charge in [-0.05, 0) is 11.5 Å². The molecule has 1 N–H and O–H groups in total. The number of amides is 1. The predicted molar refractivity (Wildman–Crippen MR) is 115 cm³/mol. The van der Waals surface area contributed by atoms with Crippen LogP contribution in [0, 0.1) is 0 Å². The van der Waals surface area contributed by atoms with Crippen molar-refractivity contribution in [2.75, 3.05) is 30.0 Å². The van der Waals surface area contributed by atoms with Crippen molar-refractivity contribution >= 4 is 63.2 Å². The number of rotatable bonds is 13. The van der Waals surface area contributed by atoms with E-state index in [2.05, 4.69) is 35.2 Å². The number of Topliss-reactive ketones (excluding diaryl/α,β-unsaturated/α-hetero) is 1. The van der Waals surface area contributed by atoms with E-state index < -0.39 is 17.8 Å². The van der Waals surface area contributed by atoms with Gasteiger partial charge < -0.3 is 9.47 Å². The molecule has 0 aliphatic carbocycles. The Balaban J connectivity index is 1.61. The van der Waals surface area contributed by atoms with Crippen LogP contribution in [0.3, 0.4) is 0 Å². The minimum atomic E-state index is -0.525. The summed E-state index contributed by atoms with van der Waals surface area (Å²) in [5, 5.41) is 21.1. The molecular formula is C17H21N5O6S3. The highest BCUT2D eigenvalue weighted by Crippen LogP contribution is 2.18. The largest absolute Gasteiger partial charge is 0.458 e. The Morgan fingerprint density at radius 2 is 1.42 bits per heavy atom. The summed E-state index contributed by atoms with van der Waals surface area (Å²) in [6, 6.07) is 0. The van der Waals surface area contributed by atoms with Gasteiger partial charge in [0.05, 0.1) is 6.42 Å². The molecule has 1 amide bonds. The molecule has 0 aromatic carbocycles. The smallest absolute Gasteiger partial charge is 0.303 e. The fourth-order valence-electron chi connectivity index (χ4n) is 2.01. The van der Waals surface area contributed by atoms with Crippen LogP contribution >= 0.6 is 34.4 Å². The summed E-state index contributed by atoms with van der Waals surface area (Å²) in [4.78, 5) is 44.7. The molecule has 0 saturated carbocycles. The molecule has 2 rings (SSSR count). The lowest BCUT2D eigenvalue weighted by atomic mass is 10.3. The number of ether oxygens (including phenoxy) is 2. The van der Waals surface area contributed by atoms with Gasteiger partial charge in [0.1, 0.15) is 21.6 Å². The van der Waals surface area contributed by atoms with Gasteiger partial charge in [0.15, 0.2) is 12.4 Å². The number of hydrogen-bond donors (Lipinski definition) is 1. The first kappa shape index (κ1) is 24.8. The minimum absolute atomic E-state index is 0.106. The van der Waals surface area contributed by atoms with Crippen molar-refractivity contribution in [3.05, 3.63) is 15.0 Å². The van der Waals surface area contributed by atoms with Crippen LogP contribution in [-0.4, -0.2) is 68.7 Å². The van der Waals surface area contributed by atoms with Crippen LogP contribution in [0.1, 0.15) is 28.9 Å². The van der Waals surface area contributed by atoms with Crippen molar-refractivity contribution < 1.29 is 28.7 Å². The van der Waals surface area contributed by atoms with Crippen molar-refractivity contribution in [1.29, 1.82) is 0 Å². The van der Waals surface area contributed by atoms with E-state index in [1.807, 2.05) is 0 Å². The normalized spacial score (nSPS) is 10.5. The number of carbonyl (C=O) groups is 4. The van der Waals surface area contributed by atoms with Crippen LogP contribution in [0.5, 0.6) is 0 Å². The fourth-order valence-corrected chi connectivity index (χ4v) is 4.78. The van der Waals surface area contributed by atoms with Gasteiger partial charge in [-0.25, -0.2) is 0 Å². The second-order valence-corrected chi connectivity index (χ2v) is 9.46. The molecule has 0 saturated heterocycles. The summed E-state index contributed by atoms with van der Waals surface area (Å²) in [5.74, 6) is -0.0357. The first-order valence-electron chi connectivity index (χ1n) is 9.11. The molecule has 0 fully saturated rings. The zero-order valence-electron chi connectivity index (χ0n) is 16.9. The third-order valence-electron chi connectivity index (χ3n) is 3.33. The molecule has 31 heavy (non-hydrogen) atoms. The average molecular weight is 488 g/mol. The Morgan fingerprint density at radius 3 is 2.10 bits per heavy atom. The number of nitrogens with zero attached hydrogens (tertiary/aromatic N) is 4. The van der Waals surface area contributed by atoms with Crippen molar-refractivity contribution in [2.24, 2.45) is 0 Å². The van der Waals surface area contributed by atoms with Crippen LogP contribution < -0.4 is 5.32 Å². The van der Waals surface area contributed by atoms with Crippen LogP contribution in [0.2, 0.25) is 0 Å². The van der Waals surface area contributed by atoms with Crippen LogP contribution in [0.25, 0.3) is 0 Å². The Kier molecular flexibility index (Phi) is 10.5. The van der Waals surface area contributed by atoms with E-state index in [0.29, 0.717) is 16.6 Å². The zero-order valence-corrected chi connectivity index (χ0v) is 19.4. The van der Waals surface area contributed by atoms with Gasteiger partial charge in [-0.15, -0.1) is 31.7 Å². The SMILES string of the molecule is CC(=O)OCC(=O)Cc1nnc(CCSCCc2nnc(NC(=O)COC(C)=O)s2)s1. The van der Waals surface area contributed by atoms with Crippen molar-refractivity contribution in [1.82, 2.24) is 20.4 Å². The standard InChI is InChI=1S/C17H21N5O6S3/c1-10(23)27-8-12(25)7-16-21-19-14(30-16)3-5-29-6-4-15-20-22-17(31-15)18-13(26)9-28-11(2)24/h3-9H2,1-2H3,(H,18,22,26). The molecule has 0 radical (unpaired) electrons. The highest BCUT2D eigenvalue weighted by atomic mass is 32.2. The molecule has 168 valence electrons. The lowest BCUT2D eigenvalue weighted by Crippen LogP contribution is -2.19. The van der Waals surface area contributed by atoms with Gasteiger partial charge >= 0.3 is 11.9 Å². The van der Waals surface area contributed by atoms with Gasteiger partial charge in [-0.1, -0.05) is 11.3 Å². The van der Waals surface area contributed by atoms with Gasteiger partial charge in [-0.3, -0.25) is 24.5 Å². The summed E-state index contributed by atoms with van der Waals surface area (Å²) >= 11 is 4.37. The number of carbonyl (C=O) groups excluding carboxylic acids is 4. The summed E-state index contributed by atoms with van der Waals surface area (Å²) in [7, 11) is 0. The molecule has 2 aromatic rings. The number of nitrogens with one attached hydrogen (secondary N) is 1. The average Bonchev–Trinajstić information content (AvgIpc) is 3.34. The summed E-state index contributed by atoms with van der Waals surface area (Å²) in [6.07, 6.45) is 1.54. The van der Waals surface area contributed by atoms with E-state index >= 15 is 0 Å². The fraction of sp³-hybridized carbons (Fsp3) is 0.529. The Hall–Kier alpha value is -2.45. The van der Waals surface area contributed by atoms with Crippen LogP contribution in [-0.2, 0) is 47.9 Å². The molecule has 0 spiro atoms. The quantitative estimate of drug-likeness (QED) is 0.319. The van der Waals surface area contributed by atoms with E-state index in [4.69, 9.17) is 0 Å². The first-order valence-corrected chi connectivity index (χ1v) is 11.9. The monoisotopic (exact) mass is 487 g/mol. The summed E-state index contributed by atoms with van der Waals surface area (Å²) in [5.41, 5.74) is 0. The molecule has 0 aliphatic heterocycles. The second-order valence-electron chi connectivity index (χ2n) is 6.03. The van der Waals surface area contributed by atoms with Gasteiger partial charge in [0, 0.05) is 26.7 Å². The minimum Gasteiger partial charge on any atom is -0.458 e. The topological polar surface area (TPSA) is 150 Å². The zero-order chi connectivity index (χ0) is 22.6. The van der Waals surface area contributed by atoms with E-state index in [0.717, 1.165) is 27.9 Å². The number of ketones is 1. The highest BCUT2D eigenvalue weighted by molar-refractivity contribution is 7.99. The molecule has 11 nitrogen and oxygen atoms in total. The van der Waals surface area contributed by atoms with Gasteiger partial charge in [-0.2, -0.15) is 11.8 Å². The molecule has 2 heterocycles. The summed E-state index contributed by atoms with van der Waals surface area (Å²) in [6.45, 7) is 1.88. The molecule has 2 aromatic heterocycles. The van der Waals surface area contributed by atoms with Crippen molar-refractivity contribution in [2.45, 2.75) is 33.1 Å². The van der Waals surface area contributed by atoms with Gasteiger partial charge in [0.2, 0.25) is 5.13 Å². The number of hydrogen-bond acceptors (Lipinski definition) is 13. The number of aryl methyl sites for hydroxylation is 2. The lowest BCUT2D eigenvalue weighted by molar-refractivity contribution is -0.145. The van der Waals surface area contributed by atoms with Crippen LogP contribution in [0.4, 0.5) is 5.13 Å². The number of anilines is 1. The molecule has 0 aliphatic rings. The van der Waals surface area contributed by atoms with E-state index in [1.165, 1.54) is 36.5 Å². The predicted octanol–water partition coefficient (Wildman–Crippen LogP) is 1.08. The van der Waals surface area contributed by atoms with E-state index in [-0.39, 0.29) is 25.4 Å². The third kappa shape index (κ3) is 10.4. The van der Waals surface area contributed by atoms with Crippen molar-refractivity contribution in [3.63, 3.8) is 0 Å². The Bertz CT molecular complexity index is 843. The Labute approximate surface area is 190 Å². The maximum atomic E-state index is 11.7. The highest BCUT2D eigenvalue weighted by Gasteiger charge is 2.12. The lowest BCUT2D eigenvalue weighted by Gasteiger charge is -2.00. The number of aromatic nitrogens is 4. The number of esters is 2. The van der Waals surface area contributed by atoms with Crippen molar-refractivity contribution in [3.8, 4) is 0 Å². The Morgan fingerprint density at radius 1 is 0.839 bits per heavy atom. The van der Waals surface area contributed by atoms with E-state index in [9.17, 15) is 19.2 Å². The second kappa shape index (κ2) is 13.1. The maximum absolute atomic E-state index is 11.7. The van der Waals surface area contributed by atoms with Gasteiger partial charge in [0.25, 0.3) is 5.91 Å². The van der Waals surface area contributed by atoms with Crippen LogP contribution in [0.15, 0.2) is 0 Å². The summed E-state index contributed by atoms with van der Waals surface area (Å²) < 4.78 is 9.28. The molecule has 0 bridgehead atoms. The number of thioether (sulfide) groups is 1. The first-order chi connectivity index (χ1) is 14.8. The molecule has 0 unspecified atom stereocenters. The molecule has 0 atom stereocenters. The van der Waals surface area contributed by atoms with E-state index in [1.54, 1.807) is 11.8 Å². The molecular weight excluding hydrogens is 466 g/mol.